The summed E-state index contributed by atoms with van der Waals surface area (Å²) in [5.74, 6) is -3.20. The second-order valence-corrected chi connectivity index (χ2v) is 13.7. The molecule has 2 aliphatic heterocycles. The highest BCUT2D eigenvalue weighted by Gasteiger charge is 2.56. The third kappa shape index (κ3) is 5.64. The summed E-state index contributed by atoms with van der Waals surface area (Å²) in [6.45, 7) is 1.66. The van der Waals surface area contributed by atoms with Crippen LogP contribution in [0.15, 0.2) is 101 Å². The van der Waals surface area contributed by atoms with Gasteiger partial charge in [-0.3, -0.25) is 23.7 Å². The van der Waals surface area contributed by atoms with E-state index in [1.54, 1.807) is 49.4 Å². The number of nitrogens with zero attached hydrogens (tertiary/aromatic N) is 2. The minimum absolute atomic E-state index is 0.219. The topological polar surface area (TPSA) is 115 Å². The minimum atomic E-state index is -0.857. The Labute approximate surface area is 282 Å². The Kier molecular flexibility index (Phi) is 8.21. The molecule has 5 aromatic rings. The molecule has 3 amide bonds. The molecular formula is C35H26ClN3O6S2. The van der Waals surface area contributed by atoms with E-state index in [4.69, 9.17) is 16.3 Å². The highest BCUT2D eigenvalue weighted by atomic mass is 35.5. The molecule has 1 saturated heterocycles. The molecule has 4 aromatic carbocycles. The second-order valence-electron chi connectivity index (χ2n) is 11.1. The summed E-state index contributed by atoms with van der Waals surface area (Å²) in [4.78, 5) is 68.5. The van der Waals surface area contributed by atoms with Crippen molar-refractivity contribution >= 4 is 80.5 Å². The molecule has 0 aliphatic carbocycles. The number of amides is 3. The first-order valence-electron chi connectivity index (χ1n) is 14.8. The number of fused-ring (bicyclic) bond motifs is 3. The molecule has 0 radical (unpaired) electrons. The number of anilines is 2. The van der Waals surface area contributed by atoms with Crippen LogP contribution in [0.3, 0.4) is 0 Å². The largest absolute Gasteiger partial charge is 0.462 e. The number of benzene rings is 4. The number of esters is 1. The molecule has 0 spiro atoms. The highest BCUT2D eigenvalue weighted by Crippen LogP contribution is 2.54. The Morgan fingerprint density at radius 3 is 2.34 bits per heavy atom. The summed E-state index contributed by atoms with van der Waals surface area (Å²) in [6.07, 6.45) is 0. The van der Waals surface area contributed by atoms with Gasteiger partial charge in [0.15, 0.2) is 0 Å². The number of thioether (sulfide) groups is 1. The lowest BCUT2D eigenvalue weighted by molar-refractivity contribution is -0.122. The van der Waals surface area contributed by atoms with E-state index in [0.29, 0.717) is 31.9 Å². The molecule has 12 heteroatoms. The maximum absolute atomic E-state index is 14.1. The Bertz CT molecular complexity index is 2130. The average Bonchev–Trinajstić information content (AvgIpc) is 3.51. The first-order valence-corrected chi connectivity index (χ1v) is 16.9. The fourth-order valence-electron chi connectivity index (χ4n) is 6.11. The van der Waals surface area contributed by atoms with Gasteiger partial charge < -0.3 is 10.1 Å². The lowest BCUT2D eigenvalue weighted by Crippen LogP contribution is -2.33. The number of nitrogens with one attached hydrogen (secondary N) is 1. The van der Waals surface area contributed by atoms with E-state index in [1.807, 2.05) is 36.4 Å². The van der Waals surface area contributed by atoms with Crippen molar-refractivity contribution in [1.29, 1.82) is 0 Å². The number of hydrogen-bond acceptors (Lipinski definition) is 8. The van der Waals surface area contributed by atoms with Crippen molar-refractivity contribution in [2.75, 3.05) is 16.8 Å². The Hall–Kier alpha value is -4.71. The van der Waals surface area contributed by atoms with Crippen molar-refractivity contribution in [3.8, 4) is 0 Å². The molecule has 0 bridgehead atoms. The summed E-state index contributed by atoms with van der Waals surface area (Å²) in [6, 6.07) is 26.5. The van der Waals surface area contributed by atoms with Crippen LogP contribution in [-0.4, -0.2) is 40.1 Å². The summed E-state index contributed by atoms with van der Waals surface area (Å²) >= 11 is 8.30. The zero-order valence-corrected chi connectivity index (χ0v) is 27.2. The van der Waals surface area contributed by atoms with Crippen molar-refractivity contribution in [1.82, 2.24) is 4.57 Å². The van der Waals surface area contributed by atoms with Gasteiger partial charge in [-0.15, -0.1) is 0 Å². The van der Waals surface area contributed by atoms with Crippen LogP contribution in [0.1, 0.15) is 33.6 Å². The van der Waals surface area contributed by atoms with Crippen LogP contribution in [0, 0.1) is 5.92 Å². The number of carbonyl (C=O) groups excluding carboxylic acids is 4. The quantitative estimate of drug-likeness (QED) is 0.158. The van der Waals surface area contributed by atoms with Gasteiger partial charge in [-0.05, 0) is 71.8 Å². The molecule has 3 atom stereocenters. The molecule has 0 unspecified atom stereocenters. The molecule has 47 heavy (non-hydrogen) atoms. The van der Waals surface area contributed by atoms with Crippen LogP contribution in [0.4, 0.5) is 11.4 Å². The van der Waals surface area contributed by atoms with Gasteiger partial charge >= 0.3 is 10.8 Å². The van der Waals surface area contributed by atoms with Crippen LogP contribution in [0.25, 0.3) is 10.8 Å². The summed E-state index contributed by atoms with van der Waals surface area (Å²) < 4.78 is 6.44. The predicted molar refractivity (Wildman–Crippen MR) is 182 cm³/mol. The van der Waals surface area contributed by atoms with Gasteiger partial charge in [0.25, 0.3) is 0 Å². The standard InChI is InChI=1S/C35H26ClN3O6S2/c1-2-45-34(43)21-10-15-25(16-11-21)39-31(41)28-27(20-7-12-23(36)13-8-20)30-33(46-29(28)32(39)42)38(35(44)47-30)18-26(40)37-24-14-9-19-5-3-4-6-22(19)17-24/h3-17,27-29H,2,18H2,1H3,(H,37,40)/t27-,28-,29+/m0/s1. The first kappa shape index (κ1) is 30.9. The van der Waals surface area contributed by atoms with Crippen molar-refractivity contribution < 1.29 is 23.9 Å². The molecule has 3 heterocycles. The van der Waals surface area contributed by atoms with Crippen LogP contribution < -0.4 is 15.1 Å². The second kappa shape index (κ2) is 12.5. The number of halogens is 1. The van der Waals surface area contributed by atoms with Crippen molar-refractivity contribution in [2.45, 2.75) is 29.7 Å². The maximum Gasteiger partial charge on any atom is 0.338 e. The van der Waals surface area contributed by atoms with E-state index in [2.05, 4.69) is 5.32 Å². The molecule has 1 aromatic heterocycles. The summed E-state index contributed by atoms with van der Waals surface area (Å²) in [5.41, 5.74) is 1.95. The predicted octanol–water partition coefficient (Wildman–Crippen LogP) is 6.33. The number of imide groups is 1. The van der Waals surface area contributed by atoms with E-state index in [-0.39, 0.29) is 18.0 Å². The van der Waals surface area contributed by atoms with E-state index >= 15 is 0 Å². The smallest absolute Gasteiger partial charge is 0.338 e. The van der Waals surface area contributed by atoms with Crippen LogP contribution in [0.5, 0.6) is 0 Å². The van der Waals surface area contributed by atoms with E-state index in [0.717, 1.165) is 44.3 Å². The van der Waals surface area contributed by atoms with Gasteiger partial charge in [0.1, 0.15) is 11.8 Å². The Morgan fingerprint density at radius 2 is 1.62 bits per heavy atom. The number of ether oxygens (including phenoxy) is 1. The summed E-state index contributed by atoms with van der Waals surface area (Å²) in [7, 11) is 0. The minimum Gasteiger partial charge on any atom is -0.462 e. The molecule has 2 aliphatic rings. The van der Waals surface area contributed by atoms with Crippen molar-refractivity contribution in [3.05, 3.63) is 122 Å². The Morgan fingerprint density at radius 1 is 0.894 bits per heavy atom. The van der Waals surface area contributed by atoms with E-state index in [1.165, 1.54) is 16.7 Å². The van der Waals surface area contributed by atoms with Gasteiger partial charge in [0.05, 0.1) is 28.8 Å². The fraction of sp³-hybridized carbons (Fsp3) is 0.171. The van der Waals surface area contributed by atoms with Crippen molar-refractivity contribution in [2.24, 2.45) is 5.92 Å². The number of aromatic nitrogens is 1. The molecule has 9 nitrogen and oxygen atoms in total. The van der Waals surface area contributed by atoms with Crippen LogP contribution >= 0.6 is 34.7 Å². The molecule has 236 valence electrons. The third-order valence-corrected chi connectivity index (χ3v) is 11.1. The average molecular weight is 684 g/mol. The van der Waals surface area contributed by atoms with Gasteiger partial charge in [-0.1, -0.05) is 77.2 Å². The fourth-order valence-corrected chi connectivity index (χ4v) is 9.01. The number of hydrogen-bond donors (Lipinski definition) is 1. The molecule has 1 N–H and O–H groups in total. The number of rotatable bonds is 7. The molecular weight excluding hydrogens is 658 g/mol. The monoisotopic (exact) mass is 683 g/mol. The maximum atomic E-state index is 14.1. The van der Waals surface area contributed by atoms with Gasteiger partial charge in [-0.25, -0.2) is 9.69 Å². The van der Waals surface area contributed by atoms with E-state index < -0.39 is 40.8 Å². The SMILES string of the molecule is CCOC(=O)c1ccc(N2C(=O)[C@H]3[C@H](c4ccc(Cl)cc4)c4sc(=O)n(CC(=O)Nc5ccc6ccccc6c5)c4S[C@H]3C2=O)cc1. The number of carbonyl (C=O) groups is 4. The normalized spacial score (nSPS) is 18.6. The summed E-state index contributed by atoms with van der Waals surface area (Å²) in [5, 5.41) is 5.01. The molecule has 1 fully saturated rings. The molecule has 7 rings (SSSR count). The van der Waals surface area contributed by atoms with E-state index in [9.17, 15) is 24.0 Å². The van der Waals surface area contributed by atoms with Gasteiger partial charge in [0.2, 0.25) is 17.7 Å². The zero-order valence-electron chi connectivity index (χ0n) is 24.8. The number of thiazole rings is 1. The van der Waals surface area contributed by atoms with Crippen molar-refractivity contribution in [3.63, 3.8) is 0 Å². The lowest BCUT2D eigenvalue weighted by Gasteiger charge is -2.30. The van der Waals surface area contributed by atoms with Gasteiger partial charge in [-0.2, -0.15) is 0 Å². The lowest BCUT2D eigenvalue weighted by atomic mass is 9.83. The Balaban J connectivity index is 1.23. The molecule has 0 saturated carbocycles. The third-order valence-electron chi connectivity index (χ3n) is 8.25. The zero-order chi connectivity index (χ0) is 32.8. The van der Waals surface area contributed by atoms with Crippen LogP contribution in [-0.2, 0) is 25.7 Å². The van der Waals surface area contributed by atoms with Gasteiger partial charge in [0, 0.05) is 21.5 Å². The first-order chi connectivity index (χ1) is 22.7. The highest BCUT2D eigenvalue weighted by molar-refractivity contribution is 8.00. The van der Waals surface area contributed by atoms with Crippen LogP contribution in [0.2, 0.25) is 5.02 Å².